The fourth-order valence-corrected chi connectivity index (χ4v) is 3.39. The van der Waals surface area contributed by atoms with Gasteiger partial charge in [-0.25, -0.2) is 15.8 Å². The highest BCUT2D eigenvalue weighted by Gasteiger charge is 2.26. The largest absolute Gasteiger partial charge is 0.366 e. The molecule has 4 N–H and O–H groups in total. The second-order valence-electron chi connectivity index (χ2n) is 6.26. The standard InChI is InChI=1S/C17H23N5O2/c1-2-15(23)22(19)17-20-13-10-11(16(18)24)8-9-14(13)21(17)12-6-4-3-5-7-12/h8-10,12H,2-7,19H2,1H3,(H2,18,24). The van der Waals surface area contributed by atoms with Crippen molar-refractivity contribution in [2.24, 2.45) is 11.6 Å². The number of carbonyl (C=O) groups excluding carboxylic acids is 2. The van der Waals surface area contributed by atoms with Gasteiger partial charge in [0.25, 0.3) is 0 Å². The van der Waals surface area contributed by atoms with Crippen molar-refractivity contribution >= 4 is 28.8 Å². The number of aromatic nitrogens is 2. The van der Waals surface area contributed by atoms with Crippen molar-refractivity contribution in [1.82, 2.24) is 9.55 Å². The molecule has 0 aliphatic heterocycles. The molecule has 1 aliphatic carbocycles. The molecule has 2 amide bonds. The Kier molecular flexibility index (Phi) is 4.53. The predicted octanol–water partition coefficient (Wildman–Crippen LogP) is 2.26. The van der Waals surface area contributed by atoms with Gasteiger partial charge in [0.1, 0.15) is 0 Å². The molecule has 2 aromatic rings. The quantitative estimate of drug-likeness (QED) is 0.509. The van der Waals surface area contributed by atoms with E-state index in [4.69, 9.17) is 11.6 Å². The van der Waals surface area contributed by atoms with Crippen LogP contribution in [0.4, 0.5) is 5.95 Å². The maximum absolute atomic E-state index is 12.1. The van der Waals surface area contributed by atoms with Crippen LogP contribution in [0.1, 0.15) is 61.8 Å². The second kappa shape index (κ2) is 6.60. The molecule has 0 saturated heterocycles. The van der Waals surface area contributed by atoms with Gasteiger partial charge in [-0.15, -0.1) is 0 Å². The number of rotatable bonds is 4. The Morgan fingerprint density at radius 3 is 2.62 bits per heavy atom. The first-order chi connectivity index (χ1) is 11.5. The molecule has 0 atom stereocenters. The van der Waals surface area contributed by atoms with E-state index in [0.29, 0.717) is 23.4 Å². The SMILES string of the molecule is CCC(=O)N(N)c1nc2cc(C(N)=O)ccc2n1C1CCCCC1. The second-order valence-corrected chi connectivity index (χ2v) is 6.26. The molecule has 1 saturated carbocycles. The number of carbonyl (C=O) groups is 2. The molecule has 1 heterocycles. The summed E-state index contributed by atoms with van der Waals surface area (Å²) in [4.78, 5) is 28.0. The average Bonchev–Trinajstić information content (AvgIpc) is 2.99. The molecule has 0 unspecified atom stereocenters. The Labute approximate surface area is 140 Å². The van der Waals surface area contributed by atoms with Gasteiger partial charge in [-0.1, -0.05) is 26.2 Å². The van der Waals surface area contributed by atoms with Crippen molar-refractivity contribution < 1.29 is 9.59 Å². The van der Waals surface area contributed by atoms with E-state index in [1.54, 1.807) is 19.1 Å². The molecule has 0 spiro atoms. The highest BCUT2D eigenvalue weighted by molar-refractivity contribution is 5.97. The number of hydrogen-bond donors (Lipinski definition) is 2. The van der Waals surface area contributed by atoms with Crippen molar-refractivity contribution in [1.29, 1.82) is 0 Å². The number of primary amides is 1. The van der Waals surface area contributed by atoms with Crippen molar-refractivity contribution in [2.75, 3.05) is 5.01 Å². The zero-order chi connectivity index (χ0) is 17.3. The van der Waals surface area contributed by atoms with E-state index in [0.717, 1.165) is 36.2 Å². The number of nitrogens with two attached hydrogens (primary N) is 2. The van der Waals surface area contributed by atoms with Crippen LogP contribution in [0, 0.1) is 0 Å². The van der Waals surface area contributed by atoms with E-state index in [-0.39, 0.29) is 11.9 Å². The lowest BCUT2D eigenvalue weighted by atomic mass is 9.95. The third-order valence-electron chi connectivity index (χ3n) is 4.68. The number of hydrazine groups is 1. The normalized spacial score (nSPS) is 15.6. The molecule has 0 bridgehead atoms. The van der Waals surface area contributed by atoms with Gasteiger partial charge in [0.2, 0.25) is 17.8 Å². The zero-order valence-electron chi connectivity index (χ0n) is 13.9. The molecule has 1 aliphatic rings. The molecular weight excluding hydrogens is 306 g/mol. The van der Waals surface area contributed by atoms with E-state index in [9.17, 15) is 9.59 Å². The molecule has 7 heteroatoms. The van der Waals surface area contributed by atoms with Gasteiger partial charge in [0.05, 0.1) is 11.0 Å². The van der Waals surface area contributed by atoms with Crippen LogP contribution in [0.3, 0.4) is 0 Å². The molecule has 7 nitrogen and oxygen atoms in total. The monoisotopic (exact) mass is 329 g/mol. The topological polar surface area (TPSA) is 107 Å². The maximum Gasteiger partial charge on any atom is 0.248 e. The summed E-state index contributed by atoms with van der Waals surface area (Å²) in [7, 11) is 0. The van der Waals surface area contributed by atoms with E-state index in [1.165, 1.54) is 6.42 Å². The number of benzene rings is 1. The molecule has 1 aromatic carbocycles. The molecule has 1 aromatic heterocycles. The Hall–Kier alpha value is -2.41. The van der Waals surface area contributed by atoms with Crippen LogP contribution in [-0.2, 0) is 4.79 Å². The van der Waals surface area contributed by atoms with Gasteiger partial charge in [0, 0.05) is 18.0 Å². The fourth-order valence-electron chi connectivity index (χ4n) is 3.39. The molecule has 3 rings (SSSR count). The van der Waals surface area contributed by atoms with E-state index in [1.807, 2.05) is 10.6 Å². The third kappa shape index (κ3) is 2.87. The summed E-state index contributed by atoms with van der Waals surface area (Å²) in [6, 6.07) is 5.45. The van der Waals surface area contributed by atoms with Crippen LogP contribution in [-0.4, -0.2) is 21.4 Å². The Morgan fingerprint density at radius 2 is 2.00 bits per heavy atom. The number of imidazole rings is 1. The van der Waals surface area contributed by atoms with Crippen molar-refractivity contribution in [3.63, 3.8) is 0 Å². The molecular formula is C17H23N5O2. The van der Waals surface area contributed by atoms with Gasteiger partial charge in [-0.3, -0.25) is 9.59 Å². The third-order valence-corrected chi connectivity index (χ3v) is 4.68. The van der Waals surface area contributed by atoms with E-state index in [2.05, 4.69) is 4.98 Å². The minimum absolute atomic E-state index is 0.197. The first-order valence-corrected chi connectivity index (χ1v) is 8.42. The van der Waals surface area contributed by atoms with Crippen molar-refractivity contribution in [2.45, 2.75) is 51.5 Å². The summed E-state index contributed by atoms with van der Waals surface area (Å²) in [5.74, 6) is 5.77. The smallest absolute Gasteiger partial charge is 0.248 e. The van der Waals surface area contributed by atoms with Crippen LogP contribution >= 0.6 is 0 Å². The molecule has 24 heavy (non-hydrogen) atoms. The van der Waals surface area contributed by atoms with Crippen molar-refractivity contribution in [3.8, 4) is 0 Å². The predicted molar refractivity (Wildman–Crippen MR) is 92.3 cm³/mol. The van der Waals surface area contributed by atoms with Gasteiger partial charge < -0.3 is 10.3 Å². The first-order valence-electron chi connectivity index (χ1n) is 8.42. The highest BCUT2D eigenvalue weighted by atomic mass is 16.2. The summed E-state index contributed by atoms with van der Waals surface area (Å²) in [6.45, 7) is 1.76. The Bertz CT molecular complexity index is 777. The maximum atomic E-state index is 12.1. The van der Waals surface area contributed by atoms with Gasteiger partial charge in [-0.2, -0.15) is 0 Å². The fraction of sp³-hybridized carbons (Fsp3) is 0.471. The van der Waals surface area contributed by atoms with Crippen LogP contribution in [0.5, 0.6) is 0 Å². The van der Waals surface area contributed by atoms with E-state index < -0.39 is 5.91 Å². The lowest BCUT2D eigenvalue weighted by Gasteiger charge is -2.27. The minimum atomic E-state index is -0.500. The van der Waals surface area contributed by atoms with Gasteiger partial charge in [0.15, 0.2) is 0 Å². The number of amides is 2. The first kappa shape index (κ1) is 16.4. The van der Waals surface area contributed by atoms with Crippen LogP contribution < -0.4 is 16.6 Å². The number of nitrogens with zero attached hydrogens (tertiary/aromatic N) is 3. The lowest BCUT2D eigenvalue weighted by molar-refractivity contribution is -0.118. The molecule has 1 fully saturated rings. The Morgan fingerprint density at radius 1 is 1.29 bits per heavy atom. The number of fused-ring (bicyclic) bond motifs is 1. The lowest BCUT2D eigenvalue weighted by Crippen LogP contribution is -2.39. The van der Waals surface area contributed by atoms with Gasteiger partial charge in [-0.05, 0) is 31.0 Å². The van der Waals surface area contributed by atoms with E-state index >= 15 is 0 Å². The average molecular weight is 329 g/mol. The van der Waals surface area contributed by atoms with Crippen LogP contribution in [0.25, 0.3) is 11.0 Å². The van der Waals surface area contributed by atoms with Crippen molar-refractivity contribution in [3.05, 3.63) is 23.8 Å². The summed E-state index contributed by atoms with van der Waals surface area (Å²) in [5.41, 5.74) is 7.26. The van der Waals surface area contributed by atoms with Crippen LogP contribution in [0.2, 0.25) is 0 Å². The highest BCUT2D eigenvalue weighted by Crippen LogP contribution is 2.35. The number of hydrogen-bond acceptors (Lipinski definition) is 4. The van der Waals surface area contributed by atoms with Crippen LogP contribution in [0.15, 0.2) is 18.2 Å². The summed E-state index contributed by atoms with van der Waals surface area (Å²) in [5, 5.41) is 1.12. The minimum Gasteiger partial charge on any atom is -0.366 e. The molecule has 0 radical (unpaired) electrons. The summed E-state index contributed by atoms with van der Waals surface area (Å²) >= 11 is 0. The molecule has 128 valence electrons. The van der Waals surface area contributed by atoms with Gasteiger partial charge >= 0.3 is 0 Å². The summed E-state index contributed by atoms with van der Waals surface area (Å²) in [6.07, 6.45) is 5.89. The zero-order valence-corrected chi connectivity index (χ0v) is 13.9. The Balaban J connectivity index is 2.15. The summed E-state index contributed by atoms with van der Waals surface area (Å²) < 4.78 is 2.05. The number of anilines is 1.